The van der Waals surface area contributed by atoms with Crippen molar-refractivity contribution in [3.05, 3.63) is 197 Å². The van der Waals surface area contributed by atoms with Crippen molar-refractivity contribution in [3.8, 4) is 0 Å². The highest BCUT2D eigenvalue weighted by Crippen LogP contribution is 2.62. The fourth-order valence-corrected chi connectivity index (χ4v) is 9.37. The van der Waals surface area contributed by atoms with E-state index in [1.807, 2.05) is 12.1 Å². The maximum absolute atomic E-state index is 9.59. The molecule has 0 amide bonds. The van der Waals surface area contributed by atoms with Gasteiger partial charge in [0.2, 0.25) is 0 Å². The molecule has 53 heavy (non-hydrogen) atoms. The van der Waals surface area contributed by atoms with Gasteiger partial charge < -0.3 is 4.90 Å². The maximum atomic E-state index is 9.59. The lowest BCUT2D eigenvalue weighted by Gasteiger charge is -2.29. The Morgan fingerprint density at radius 2 is 1.04 bits per heavy atom. The smallest absolute Gasteiger partial charge is 0.0629 e. The average Bonchev–Trinajstić information content (AvgIpc) is 3.62. The number of hydrogen-bond acceptors (Lipinski definition) is 1. The third kappa shape index (κ3) is 4.70. The molecule has 0 radical (unpaired) electrons. The standard InChI is InChI=1S/C52H41N/c1-51(2)45-25-15-14-24-43(45)49-50(51)44-30-27-34(32-46(44)52(49,3)4)26-28-35-29-31-47(41-22-12-10-19-38(35)41)53(37-17-6-5-7-18-37)48-33-36-16-8-9-20-39(36)40-21-11-13-23-42(40)48/h5-33H,1-4H3/b28-26+/i26D,28D. The zero-order chi connectivity index (χ0) is 37.6. The molecule has 0 saturated heterocycles. The van der Waals surface area contributed by atoms with Gasteiger partial charge in [-0.25, -0.2) is 0 Å². The quantitative estimate of drug-likeness (QED) is 0.129. The normalized spacial score (nSPS) is 16.2. The number of rotatable bonds is 5. The summed E-state index contributed by atoms with van der Waals surface area (Å²) in [4.78, 5) is 2.35. The van der Waals surface area contributed by atoms with Crippen LogP contribution < -0.4 is 4.90 Å². The van der Waals surface area contributed by atoms with E-state index in [-0.39, 0.29) is 22.9 Å². The third-order valence-corrected chi connectivity index (χ3v) is 11.8. The van der Waals surface area contributed by atoms with Gasteiger partial charge in [0.15, 0.2) is 0 Å². The van der Waals surface area contributed by atoms with Crippen LogP contribution in [0.15, 0.2) is 164 Å². The summed E-state index contributed by atoms with van der Waals surface area (Å²) in [5.41, 5.74) is 12.3. The molecule has 8 aromatic carbocycles. The fourth-order valence-electron chi connectivity index (χ4n) is 9.37. The highest BCUT2D eigenvalue weighted by molar-refractivity contribution is 6.16. The first kappa shape index (κ1) is 29.4. The summed E-state index contributed by atoms with van der Waals surface area (Å²) in [6.07, 6.45) is 0. The lowest BCUT2D eigenvalue weighted by Crippen LogP contribution is -2.19. The monoisotopic (exact) mass is 681 g/mol. The van der Waals surface area contributed by atoms with E-state index in [0.717, 1.165) is 39.0 Å². The van der Waals surface area contributed by atoms with Gasteiger partial charge in [-0.15, -0.1) is 0 Å². The second kappa shape index (κ2) is 11.7. The molecule has 254 valence electrons. The Kier molecular flexibility index (Phi) is 6.47. The Balaban J connectivity index is 1.12. The van der Waals surface area contributed by atoms with Crippen LogP contribution in [0, 0.1) is 0 Å². The van der Waals surface area contributed by atoms with Crippen molar-refractivity contribution in [2.24, 2.45) is 0 Å². The fraction of sp³-hybridized carbons (Fsp3) is 0.115. The Morgan fingerprint density at radius 1 is 0.453 bits per heavy atom. The molecule has 0 atom stereocenters. The summed E-state index contributed by atoms with van der Waals surface area (Å²) in [6.45, 7) is 9.30. The Bertz CT molecular complexity index is 2950. The molecule has 0 fully saturated rings. The van der Waals surface area contributed by atoms with Crippen molar-refractivity contribution in [1.29, 1.82) is 0 Å². The minimum absolute atomic E-state index is 0.108. The lowest BCUT2D eigenvalue weighted by atomic mass is 9.75. The molecule has 0 bridgehead atoms. The van der Waals surface area contributed by atoms with Crippen LogP contribution in [0.25, 0.3) is 55.6 Å². The van der Waals surface area contributed by atoms with E-state index in [9.17, 15) is 2.74 Å². The summed E-state index contributed by atoms with van der Waals surface area (Å²) in [7, 11) is 0. The summed E-state index contributed by atoms with van der Waals surface area (Å²) < 4.78 is 19.1. The van der Waals surface area contributed by atoms with Crippen LogP contribution in [0.5, 0.6) is 0 Å². The van der Waals surface area contributed by atoms with Crippen LogP contribution in [0.3, 0.4) is 0 Å². The van der Waals surface area contributed by atoms with Gasteiger partial charge in [-0.3, -0.25) is 0 Å². The van der Waals surface area contributed by atoms with E-state index in [4.69, 9.17) is 0 Å². The van der Waals surface area contributed by atoms with E-state index in [1.165, 1.54) is 54.9 Å². The number of para-hydroxylation sites is 1. The predicted molar refractivity (Wildman–Crippen MR) is 228 cm³/mol. The second-order valence-electron chi connectivity index (χ2n) is 15.6. The molecule has 0 N–H and O–H groups in total. The molecule has 2 aliphatic carbocycles. The van der Waals surface area contributed by atoms with Crippen molar-refractivity contribution >= 4 is 72.6 Å². The summed E-state index contributed by atoms with van der Waals surface area (Å²) >= 11 is 0. The molecule has 8 aromatic rings. The zero-order valence-corrected chi connectivity index (χ0v) is 30.5. The maximum Gasteiger partial charge on any atom is 0.0629 e. The molecular formula is C52H41N. The van der Waals surface area contributed by atoms with Crippen LogP contribution in [0.4, 0.5) is 17.1 Å². The first-order valence-electron chi connectivity index (χ1n) is 19.6. The van der Waals surface area contributed by atoms with Gasteiger partial charge in [0.1, 0.15) is 0 Å². The van der Waals surface area contributed by atoms with Gasteiger partial charge in [0.25, 0.3) is 0 Å². The molecule has 0 aliphatic heterocycles. The van der Waals surface area contributed by atoms with Gasteiger partial charge in [0.05, 0.1) is 14.1 Å². The number of hydrogen-bond donors (Lipinski definition) is 0. The van der Waals surface area contributed by atoms with Crippen molar-refractivity contribution < 1.29 is 2.74 Å². The van der Waals surface area contributed by atoms with Crippen LogP contribution >= 0.6 is 0 Å². The molecule has 0 aromatic heterocycles. The minimum atomic E-state index is -0.227. The Hall–Kier alpha value is -6.18. The van der Waals surface area contributed by atoms with Gasteiger partial charge >= 0.3 is 0 Å². The van der Waals surface area contributed by atoms with Gasteiger partial charge in [-0.2, -0.15) is 0 Å². The average molecular weight is 682 g/mol. The van der Waals surface area contributed by atoms with Crippen molar-refractivity contribution in [3.63, 3.8) is 0 Å². The number of benzene rings is 8. The summed E-state index contributed by atoms with van der Waals surface area (Å²) in [6, 6.07) is 58.3. The molecule has 2 aliphatic rings. The van der Waals surface area contributed by atoms with Gasteiger partial charge in [-0.1, -0.05) is 179 Å². The molecule has 0 heterocycles. The second-order valence-corrected chi connectivity index (χ2v) is 15.6. The number of anilines is 3. The Labute approximate surface area is 315 Å². The number of nitrogens with zero attached hydrogens (tertiary/aromatic N) is 1. The summed E-state index contributed by atoms with van der Waals surface area (Å²) in [5, 5.41) is 6.75. The highest BCUT2D eigenvalue weighted by atomic mass is 15.1. The van der Waals surface area contributed by atoms with Crippen molar-refractivity contribution in [2.75, 3.05) is 4.90 Å². The topological polar surface area (TPSA) is 3.24 Å². The zero-order valence-electron chi connectivity index (χ0n) is 32.5. The summed E-state index contributed by atoms with van der Waals surface area (Å²) in [5.74, 6) is 0. The molecular weight excluding hydrogens is 639 g/mol. The van der Waals surface area contributed by atoms with E-state index < -0.39 is 0 Å². The third-order valence-electron chi connectivity index (χ3n) is 11.8. The number of fused-ring (bicyclic) bond motifs is 8. The molecule has 10 rings (SSSR count). The molecule has 1 nitrogen and oxygen atoms in total. The molecule has 1 heteroatoms. The van der Waals surface area contributed by atoms with Crippen LogP contribution in [-0.2, 0) is 10.8 Å². The molecule has 0 saturated carbocycles. The lowest BCUT2D eigenvalue weighted by molar-refractivity contribution is 0.694. The first-order chi connectivity index (χ1) is 26.7. The van der Waals surface area contributed by atoms with Crippen LogP contribution in [-0.4, -0.2) is 0 Å². The van der Waals surface area contributed by atoms with E-state index >= 15 is 0 Å². The van der Waals surface area contributed by atoms with Crippen molar-refractivity contribution in [2.45, 2.75) is 38.5 Å². The molecule has 0 unspecified atom stereocenters. The van der Waals surface area contributed by atoms with E-state index in [0.29, 0.717) is 0 Å². The van der Waals surface area contributed by atoms with Crippen molar-refractivity contribution in [1.82, 2.24) is 0 Å². The molecule has 0 spiro atoms. The van der Waals surface area contributed by atoms with Crippen LogP contribution in [0.1, 0.15) is 63.8 Å². The van der Waals surface area contributed by atoms with Gasteiger partial charge in [0, 0.05) is 27.3 Å². The predicted octanol–water partition coefficient (Wildman–Crippen LogP) is 14.3. The largest absolute Gasteiger partial charge is 0.309 e. The van der Waals surface area contributed by atoms with E-state index in [2.05, 4.69) is 184 Å². The highest BCUT2D eigenvalue weighted by Gasteiger charge is 2.49. The van der Waals surface area contributed by atoms with Crippen LogP contribution in [0.2, 0.25) is 0 Å². The minimum Gasteiger partial charge on any atom is -0.309 e. The first-order valence-corrected chi connectivity index (χ1v) is 18.6. The Morgan fingerprint density at radius 3 is 1.81 bits per heavy atom. The van der Waals surface area contributed by atoms with E-state index in [1.54, 1.807) is 0 Å². The van der Waals surface area contributed by atoms with Gasteiger partial charge in [-0.05, 0) is 90.3 Å². The number of allylic oxidation sites excluding steroid dienone is 2. The SMILES string of the molecule is [2H]/C(=C(/[2H])c1ccc(N(c2ccccc2)c2cc3ccccc3c3ccccc23)c2ccccc12)c1ccc2c(c1)C(C)(C)C1=C2C(C)(C)c2ccccc21.